The summed E-state index contributed by atoms with van der Waals surface area (Å²) >= 11 is 0. The van der Waals surface area contributed by atoms with Gasteiger partial charge in [-0.15, -0.1) is 0 Å². The van der Waals surface area contributed by atoms with Gasteiger partial charge in [0.05, 0.1) is 0 Å². The Morgan fingerprint density at radius 2 is 0.689 bits per heavy atom. The van der Waals surface area contributed by atoms with Crippen molar-refractivity contribution in [1.82, 2.24) is 0 Å². The fraction of sp³-hybridized carbons (Fsp3) is 0.148. The van der Waals surface area contributed by atoms with E-state index in [1.54, 1.807) is 0 Å². The molecule has 0 unspecified atom stereocenters. The Balaban J connectivity index is 0.888. The van der Waals surface area contributed by atoms with E-state index in [-0.39, 0.29) is 10.8 Å². The third kappa shape index (κ3) is 5.88. The van der Waals surface area contributed by atoms with Crippen molar-refractivity contribution in [2.75, 3.05) is 0 Å². The summed E-state index contributed by atoms with van der Waals surface area (Å²) in [6.45, 7) is 16.2. The molecule has 0 heterocycles. The maximum atomic E-state index is 2.47. The highest BCUT2D eigenvalue weighted by Gasteiger charge is 2.38. The summed E-state index contributed by atoms with van der Waals surface area (Å²) in [5.41, 5.74) is 27.4. The molecule has 61 heavy (non-hydrogen) atoms. The number of aryl methyl sites for hydroxylation is 3. The van der Waals surface area contributed by atoms with E-state index in [0.29, 0.717) is 0 Å². The highest BCUT2D eigenvalue weighted by Crippen LogP contribution is 2.53. The van der Waals surface area contributed by atoms with Gasteiger partial charge in [0.1, 0.15) is 0 Å². The van der Waals surface area contributed by atoms with Crippen LogP contribution in [0, 0.1) is 20.8 Å². The molecule has 2 aliphatic carbocycles. The number of fused-ring (bicyclic) bond motifs is 7. The van der Waals surface area contributed by atoms with Crippen molar-refractivity contribution in [2.45, 2.75) is 59.3 Å². The van der Waals surface area contributed by atoms with Gasteiger partial charge in [-0.3, -0.25) is 0 Å². The molecular weight excluding hydrogens is 733 g/mol. The molecule has 0 saturated heterocycles. The van der Waals surface area contributed by atoms with E-state index in [1.165, 1.54) is 128 Å². The van der Waals surface area contributed by atoms with Crippen LogP contribution in [-0.4, -0.2) is 0 Å². The molecule has 0 saturated carbocycles. The lowest BCUT2D eigenvalue weighted by molar-refractivity contribution is 0.660. The molecule has 0 N–H and O–H groups in total. The van der Waals surface area contributed by atoms with Crippen molar-refractivity contribution in [1.29, 1.82) is 0 Å². The van der Waals surface area contributed by atoms with Crippen LogP contribution in [0.25, 0.3) is 88.7 Å². The van der Waals surface area contributed by atoms with Crippen molar-refractivity contribution in [3.8, 4) is 77.9 Å². The van der Waals surface area contributed by atoms with E-state index in [0.717, 1.165) is 0 Å². The van der Waals surface area contributed by atoms with Crippen molar-refractivity contribution in [3.05, 3.63) is 215 Å². The zero-order chi connectivity index (χ0) is 41.8. The fourth-order valence-corrected chi connectivity index (χ4v) is 11.0. The second kappa shape index (κ2) is 13.6. The highest BCUT2D eigenvalue weighted by molar-refractivity contribution is 5.97. The van der Waals surface area contributed by atoms with Gasteiger partial charge in [-0.25, -0.2) is 0 Å². The van der Waals surface area contributed by atoms with Gasteiger partial charge >= 0.3 is 0 Å². The Morgan fingerprint density at radius 1 is 0.295 bits per heavy atom. The van der Waals surface area contributed by atoms with Crippen LogP contribution in [0.5, 0.6) is 0 Å². The van der Waals surface area contributed by atoms with E-state index in [9.17, 15) is 0 Å². The minimum Gasteiger partial charge on any atom is -0.0616 e. The first-order valence-corrected chi connectivity index (χ1v) is 21.8. The monoisotopic (exact) mass is 782 g/mol. The lowest BCUT2D eigenvalue weighted by Crippen LogP contribution is -2.15. The average Bonchev–Trinajstić information content (AvgIpc) is 3.64. The minimum absolute atomic E-state index is 0.125. The predicted octanol–water partition coefficient (Wildman–Crippen LogP) is 16.7. The molecule has 11 rings (SSSR count). The molecule has 0 spiro atoms. The van der Waals surface area contributed by atoms with Crippen LogP contribution in [-0.2, 0) is 10.8 Å². The Labute approximate surface area is 361 Å². The van der Waals surface area contributed by atoms with Gasteiger partial charge in [-0.05, 0) is 173 Å². The number of benzene rings is 9. The van der Waals surface area contributed by atoms with Gasteiger partial charge in [0.25, 0.3) is 0 Å². The fourth-order valence-electron chi connectivity index (χ4n) is 11.0. The molecule has 0 amide bonds. The second-order valence-corrected chi connectivity index (χ2v) is 18.8. The lowest BCUT2D eigenvalue weighted by Gasteiger charge is -2.24. The Bertz CT molecular complexity index is 3230. The molecule has 0 atom stereocenters. The van der Waals surface area contributed by atoms with Crippen LogP contribution in [0.1, 0.15) is 66.6 Å². The second-order valence-electron chi connectivity index (χ2n) is 18.8. The summed E-state index contributed by atoms with van der Waals surface area (Å²) in [7, 11) is 0. The van der Waals surface area contributed by atoms with Crippen LogP contribution >= 0.6 is 0 Å². The van der Waals surface area contributed by atoms with Crippen LogP contribution in [0.3, 0.4) is 0 Å². The number of hydrogen-bond acceptors (Lipinski definition) is 0. The van der Waals surface area contributed by atoms with E-state index in [2.05, 4.69) is 224 Å². The molecule has 0 heteroatoms. The molecule has 9 aromatic rings. The Kier molecular flexibility index (Phi) is 8.33. The summed E-state index contributed by atoms with van der Waals surface area (Å²) in [5.74, 6) is 0. The third-order valence-corrected chi connectivity index (χ3v) is 14.2. The quantitative estimate of drug-likeness (QED) is 0.163. The van der Waals surface area contributed by atoms with Gasteiger partial charge in [-0.2, -0.15) is 0 Å². The van der Waals surface area contributed by atoms with Gasteiger partial charge in [0.15, 0.2) is 0 Å². The topological polar surface area (TPSA) is 0 Å². The van der Waals surface area contributed by atoms with Crippen molar-refractivity contribution in [2.24, 2.45) is 0 Å². The average molecular weight is 783 g/mol. The third-order valence-electron chi connectivity index (χ3n) is 14.2. The van der Waals surface area contributed by atoms with E-state index < -0.39 is 0 Å². The minimum atomic E-state index is -0.136. The van der Waals surface area contributed by atoms with E-state index in [1.807, 2.05) is 0 Å². The van der Waals surface area contributed by atoms with E-state index in [4.69, 9.17) is 0 Å². The van der Waals surface area contributed by atoms with Crippen molar-refractivity contribution >= 4 is 10.8 Å². The summed E-state index contributed by atoms with van der Waals surface area (Å²) in [4.78, 5) is 0. The molecule has 0 nitrogen and oxygen atoms in total. The van der Waals surface area contributed by atoms with Gasteiger partial charge in [0, 0.05) is 10.8 Å². The molecule has 0 fully saturated rings. The summed E-state index contributed by atoms with van der Waals surface area (Å²) < 4.78 is 0. The van der Waals surface area contributed by atoms with Gasteiger partial charge in [0.2, 0.25) is 0 Å². The number of rotatable bonds is 5. The Hall–Kier alpha value is -6.76. The summed E-state index contributed by atoms with van der Waals surface area (Å²) in [6.07, 6.45) is 0. The maximum absolute atomic E-state index is 2.47. The van der Waals surface area contributed by atoms with Crippen LogP contribution in [0.15, 0.2) is 176 Å². The molecule has 294 valence electrons. The molecule has 0 aromatic heterocycles. The molecular formula is C61H50. The summed E-state index contributed by atoms with van der Waals surface area (Å²) in [6, 6.07) is 66.6. The zero-order valence-corrected chi connectivity index (χ0v) is 36.2. The van der Waals surface area contributed by atoms with Gasteiger partial charge in [-0.1, -0.05) is 179 Å². The highest BCUT2D eigenvalue weighted by atomic mass is 14.4. The van der Waals surface area contributed by atoms with Crippen LogP contribution < -0.4 is 0 Å². The van der Waals surface area contributed by atoms with Crippen molar-refractivity contribution < 1.29 is 0 Å². The zero-order valence-electron chi connectivity index (χ0n) is 36.2. The molecule has 0 aliphatic heterocycles. The van der Waals surface area contributed by atoms with Crippen LogP contribution in [0.2, 0.25) is 0 Å². The largest absolute Gasteiger partial charge is 0.0616 e. The first kappa shape index (κ1) is 37.3. The SMILES string of the molecule is Cc1cc(C)c(-c2ccc(-c3ccc4c(c3)C(C)(C)c3cc(-c5ccc6c(c5)C(C)(C)c5cc(-c7cccc(-c8cccc9ccccc89)c7)ccc5-6)ccc3-4)cc2)c(C)c1. The molecule has 2 aliphatic rings. The maximum Gasteiger partial charge on any atom is 0.0159 e. The number of hydrogen-bond donors (Lipinski definition) is 0. The molecule has 0 radical (unpaired) electrons. The lowest BCUT2D eigenvalue weighted by atomic mass is 9.79. The van der Waals surface area contributed by atoms with Gasteiger partial charge < -0.3 is 0 Å². The Morgan fingerprint density at radius 3 is 1.21 bits per heavy atom. The van der Waals surface area contributed by atoms with E-state index >= 15 is 0 Å². The first-order valence-electron chi connectivity index (χ1n) is 21.8. The normalized spacial score (nSPS) is 14.1. The smallest absolute Gasteiger partial charge is 0.0159 e. The standard InChI is InChI=1S/C61H50/c1-37-30-38(2)59(39(3)31-37)42-20-18-40(19-21-42)44-22-26-51-53-28-24-46(35-57(53)60(4,5)55(51)33-44)47-25-29-54-52-27-23-45(34-56(52)61(6,7)58(54)36-47)43-14-10-15-48(32-43)50-17-11-13-41-12-8-9-16-49(41)50/h8-36H,1-7H3. The molecule has 9 aromatic carbocycles. The predicted molar refractivity (Wildman–Crippen MR) is 260 cm³/mol. The summed E-state index contributed by atoms with van der Waals surface area (Å²) in [5, 5.41) is 2.56. The van der Waals surface area contributed by atoms with Crippen molar-refractivity contribution in [3.63, 3.8) is 0 Å². The molecule has 0 bridgehead atoms. The first-order chi connectivity index (χ1) is 29.5. The van der Waals surface area contributed by atoms with Crippen LogP contribution in [0.4, 0.5) is 0 Å².